The maximum absolute atomic E-state index is 4.42. The van der Waals surface area contributed by atoms with E-state index in [2.05, 4.69) is 19.9 Å². The van der Waals surface area contributed by atoms with E-state index in [1.807, 2.05) is 17.6 Å². The van der Waals surface area contributed by atoms with Gasteiger partial charge in [-0.1, -0.05) is 0 Å². The standard InChI is InChI=1S/C10H6N4S/c1-2-15-9-5-13-10(14-8(1)9)7-3-11-6-12-4-7/h1-6H. The number of rotatable bonds is 1. The Morgan fingerprint density at radius 1 is 1.07 bits per heavy atom. The second-order valence-electron chi connectivity index (χ2n) is 2.99. The molecule has 3 aromatic heterocycles. The molecule has 0 aromatic carbocycles. The lowest BCUT2D eigenvalue weighted by Gasteiger charge is -1.97. The van der Waals surface area contributed by atoms with E-state index >= 15 is 0 Å². The molecule has 0 aliphatic rings. The van der Waals surface area contributed by atoms with Crippen molar-refractivity contribution in [1.82, 2.24) is 19.9 Å². The third-order valence-electron chi connectivity index (χ3n) is 2.02. The SMILES string of the molecule is c1ncc(-c2ncc3sccc3n2)cn1. The molecule has 0 atom stereocenters. The molecule has 0 radical (unpaired) electrons. The summed E-state index contributed by atoms with van der Waals surface area (Å²) >= 11 is 1.63. The molecule has 0 aliphatic heterocycles. The fourth-order valence-corrected chi connectivity index (χ4v) is 2.01. The highest BCUT2D eigenvalue weighted by Crippen LogP contribution is 2.20. The van der Waals surface area contributed by atoms with Crippen LogP contribution < -0.4 is 0 Å². The van der Waals surface area contributed by atoms with Crippen LogP contribution in [0.5, 0.6) is 0 Å². The summed E-state index contributed by atoms with van der Waals surface area (Å²) in [5.41, 5.74) is 1.81. The van der Waals surface area contributed by atoms with Crippen molar-refractivity contribution < 1.29 is 0 Å². The van der Waals surface area contributed by atoms with E-state index in [1.165, 1.54) is 6.33 Å². The molecular weight excluding hydrogens is 208 g/mol. The number of aromatic nitrogens is 4. The zero-order chi connectivity index (χ0) is 10.1. The fourth-order valence-electron chi connectivity index (χ4n) is 1.32. The quantitative estimate of drug-likeness (QED) is 0.622. The van der Waals surface area contributed by atoms with E-state index in [4.69, 9.17) is 0 Å². The van der Waals surface area contributed by atoms with Gasteiger partial charge in [0.1, 0.15) is 6.33 Å². The molecule has 5 heteroatoms. The highest BCUT2D eigenvalue weighted by molar-refractivity contribution is 7.17. The minimum absolute atomic E-state index is 0.668. The molecule has 0 amide bonds. The molecule has 0 saturated carbocycles. The number of hydrogen-bond donors (Lipinski definition) is 0. The molecule has 0 N–H and O–H groups in total. The van der Waals surface area contributed by atoms with E-state index < -0.39 is 0 Å². The van der Waals surface area contributed by atoms with Gasteiger partial charge in [-0.2, -0.15) is 0 Å². The zero-order valence-corrected chi connectivity index (χ0v) is 8.48. The van der Waals surface area contributed by atoms with Gasteiger partial charge in [0.25, 0.3) is 0 Å². The first kappa shape index (κ1) is 8.43. The van der Waals surface area contributed by atoms with Gasteiger partial charge in [-0.25, -0.2) is 19.9 Å². The monoisotopic (exact) mass is 214 g/mol. The van der Waals surface area contributed by atoms with E-state index in [0.29, 0.717) is 5.82 Å². The zero-order valence-electron chi connectivity index (χ0n) is 7.66. The van der Waals surface area contributed by atoms with Crippen LogP contribution in [0.25, 0.3) is 21.6 Å². The highest BCUT2D eigenvalue weighted by Gasteiger charge is 2.03. The molecule has 0 bridgehead atoms. The van der Waals surface area contributed by atoms with Gasteiger partial charge in [-0.15, -0.1) is 11.3 Å². The number of hydrogen-bond acceptors (Lipinski definition) is 5. The second-order valence-corrected chi connectivity index (χ2v) is 3.94. The van der Waals surface area contributed by atoms with E-state index in [9.17, 15) is 0 Å². The molecule has 4 nitrogen and oxygen atoms in total. The Kier molecular flexibility index (Phi) is 1.89. The van der Waals surface area contributed by atoms with Gasteiger partial charge >= 0.3 is 0 Å². The maximum Gasteiger partial charge on any atom is 0.162 e. The lowest BCUT2D eigenvalue weighted by Crippen LogP contribution is -1.89. The third-order valence-corrected chi connectivity index (χ3v) is 2.86. The second kappa shape index (κ2) is 3.36. The van der Waals surface area contributed by atoms with Gasteiger partial charge < -0.3 is 0 Å². The number of nitrogens with zero attached hydrogens (tertiary/aromatic N) is 4. The number of thiophene rings is 1. The number of fused-ring (bicyclic) bond motifs is 1. The third kappa shape index (κ3) is 1.46. The van der Waals surface area contributed by atoms with Gasteiger partial charge in [-0.05, 0) is 11.4 Å². The minimum atomic E-state index is 0.668. The molecule has 0 unspecified atom stereocenters. The van der Waals surface area contributed by atoms with Crippen molar-refractivity contribution in [2.24, 2.45) is 0 Å². The van der Waals surface area contributed by atoms with Crippen LogP contribution in [-0.2, 0) is 0 Å². The lowest BCUT2D eigenvalue weighted by molar-refractivity contribution is 1.14. The van der Waals surface area contributed by atoms with Crippen molar-refractivity contribution in [1.29, 1.82) is 0 Å². The Balaban J connectivity index is 2.19. The van der Waals surface area contributed by atoms with Gasteiger partial charge in [0.2, 0.25) is 0 Å². The summed E-state index contributed by atoms with van der Waals surface area (Å²) in [5.74, 6) is 0.668. The van der Waals surface area contributed by atoms with E-state index in [1.54, 1.807) is 23.7 Å². The van der Waals surface area contributed by atoms with Gasteiger partial charge in [-0.3, -0.25) is 0 Å². The van der Waals surface area contributed by atoms with Crippen molar-refractivity contribution in [3.05, 3.63) is 36.4 Å². The Labute approximate surface area is 89.7 Å². The highest BCUT2D eigenvalue weighted by atomic mass is 32.1. The lowest BCUT2D eigenvalue weighted by atomic mass is 10.3. The summed E-state index contributed by atoms with van der Waals surface area (Å²) in [4.78, 5) is 16.6. The molecule has 0 fully saturated rings. The average Bonchev–Trinajstić information content (AvgIpc) is 2.77. The van der Waals surface area contributed by atoms with Crippen molar-refractivity contribution in [2.75, 3.05) is 0 Å². The first-order chi connectivity index (χ1) is 7.43. The van der Waals surface area contributed by atoms with Crippen molar-refractivity contribution in [3.8, 4) is 11.4 Å². The summed E-state index contributed by atoms with van der Waals surface area (Å²) in [7, 11) is 0. The predicted octanol–water partition coefficient (Wildman–Crippen LogP) is 2.15. The summed E-state index contributed by atoms with van der Waals surface area (Å²) in [6.07, 6.45) is 6.74. The van der Waals surface area contributed by atoms with Gasteiger partial charge in [0, 0.05) is 18.6 Å². The summed E-state index contributed by atoms with van der Waals surface area (Å²) in [5, 5.41) is 2.00. The maximum atomic E-state index is 4.42. The van der Waals surface area contributed by atoms with Crippen LogP contribution in [0.15, 0.2) is 36.4 Å². The average molecular weight is 214 g/mol. The van der Waals surface area contributed by atoms with Crippen LogP contribution in [0.4, 0.5) is 0 Å². The van der Waals surface area contributed by atoms with Gasteiger partial charge in [0.05, 0.1) is 15.8 Å². The Morgan fingerprint density at radius 3 is 2.80 bits per heavy atom. The normalized spacial score (nSPS) is 10.7. The molecule has 72 valence electrons. The van der Waals surface area contributed by atoms with Crippen molar-refractivity contribution in [2.45, 2.75) is 0 Å². The largest absolute Gasteiger partial charge is 0.244 e. The smallest absolute Gasteiger partial charge is 0.162 e. The molecular formula is C10H6N4S. The van der Waals surface area contributed by atoms with Crippen molar-refractivity contribution >= 4 is 21.6 Å². The van der Waals surface area contributed by atoms with Crippen LogP contribution in [-0.4, -0.2) is 19.9 Å². The Hall–Kier alpha value is -1.88. The van der Waals surface area contributed by atoms with Crippen LogP contribution in [0.3, 0.4) is 0 Å². The summed E-state index contributed by atoms with van der Waals surface area (Å²) in [6.45, 7) is 0. The van der Waals surface area contributed by atoms with Crippen molar-refractivity contribution in [3.63, 3.8) is 0 Å². The van der Waals surface area contributed by atoms with Crippen LogP contribution >= 0.6 is 11.3 Å². The molecule has 0 spiro atoms. The molecule has 15 heavy (non-hydrogen) atoms. The molecule has 3 rings (SSSR count). The molecule has 3 aromatic rings. The topological polar surface area (TPSA) is 51.6 Å². The van der Waals surface area contributed by atoms with E-state index in [0.717, 1.165) is 15.8 Å². The van der Waals surface area contributed by atoms with Crippen LogP contribution in [0.2, 0.25) is 0 Å². The predicted molar refractivity (Wildman–Crippen MR) is 58.4 cm³/mol. The van der Waals surface area contributed by atoms with Crippen LogP contribution in [0, 0.1) is 0 Å². The molecule has 3 heterocycles. The minimum Gasteiger partial charge on any atom is -0.244 e. The Morgan fingerprint density at radius 2 is 1.93 bits per heavy atom. The first-order valence-electron chi connectivity index (χ1n) is 4.39. The summed E-state index contributed by atoms with van der Waals surface area (Å²) in [6, 6.07) is 1.98. The van der Waals surface area contributed by atoms with Crippen LogP contribution in [0.1, 0.15) is 0 Å². The first-order valence-corrected chi connectivity index (χ1v) is 5.27. The Bertz CT molecular complexity index is 590. The summed E-state index contributed by atoms with van der Waals surface area (Å²) < 4.78 is 1.09. The fraction of sp³-hybridized carbons (Fsp3) is 0. The van der Waals surface area contributed by atoms with Gasteiger partial charge in [0.15, 0.2) is 5.82 Å². The molecule has 0 aliphatic carbocycles. The van der Waals surface area contributed by atoms with E-state index in [-0.39, 0.29) is 0 Å². The molecule has 0 saturated heterocycles.